The van der Waals surface area contributed by atoms with Crippen molar-refractivity contribution >= 4 is 17.5 Å². The molecule has 0 radical (unpaired) electrons. The van der Waals surface area contributed by atoms with Crippen molar-refractivity contribution in [3.05, 3.63) is 53.7 Å². The van der Waals surface area contributed by atoms with Gasteiger partial charge in [-0.3, -0.25) is 9.59 Å². The third kappa shape index (κ3) is 4.56. The van der Waals surface area contributed by atoms with E-state index in [0.717, 1.165) is 0 Å². The smallest absolute Gasteiger partial charge is 0.261 e. The Bertz CT molecular complexity index is 742. The predicted molar refractivity (Wildman–Crippen MR) is 97.1 cm³/mol. The van der Waals surface area contributed by atoms with Gasteiger partial charge in [0.05, 0.1) is 6.61 Å². The van der Waals surface area contributed by atoms with E-state index in [2.05, 4.69) is 10.3 Å². The molecule has 1 aromatic heterocycles. The van der Waals surface area contributed by atoms with Crippen LogP contribution in [0, 0.1) is 0 Å². The molecular weight excluding hydrogens is 318 g/mol. The topological polar surface area (TPSA) is 71.5 Å². The van der Waals surface area contributed by atoms with E-state index in [1.165, 1.54) is 0 Å². The molecule has 2 aromatic rings. The van der Waals surface area contributed by atoms with E-state index in [1.54, 1.807) is 47.5 Å². The van der Waals surface area contributed by atoms with Crippen molar-refractivity contribution in [1.82, 2.24) is 9.88 Å². The lowest BCUT2D eigenvalue weighted by Crippen LogP contribution is -2.30. The molecule has 1 aromatic carbocycles. The summed E-state index contributed by atoms with van der Waals surface area (Å²) in [4.78, 5) is 30.8. The van der Waals surface area contributed by atoms with Crippen LogP contribution >= 0.6 is 0 Å². The Kier molecular flexibility index (Phi) is 6.51. The van der Waals surface area contributed by atoms with Crippen molar-refractivity contribution in [3.63, 3.8) is 0 Å². The summed E-state index contributed by atoms with van der Waals surface area (Å²) in [6, 6.07) is 10.2. The summed E-state index contributed by atoms with van der Waals surface area (Å²) < 4.78 is 5.39. The minimum absolute atomic E-state index is 0.0579. The van der Waals surface area contributed by atoms with Crippen LogP contribution in [0.15, 0.2) is 42.6 Å². The highest BCUT2D eigenvalue weighted by Gasteiger charge is 2.16. The molecule has 2 amide bonds. The number of hydrogen-bond acceptors (Lipinski definition) is 4. The summed E-state index contributed by atoms with van der Waals surface area (Å²) in [7, 11) is 0. The fourth-order valence-electron chi connectivity index (χ4n) is 2.44. The summed E-state index contributed by atoms with van der Waals surface area (Å²) in [5, 5.41) is 2.80. The lowest BCUT2D eigenvalue weighted by atomic mass is 10.1. The number of pyridine rings is 1. The maximum Gasteiger partial charge on any atom is 0.261 e. The average Bonchev–Trinajstić information content (AvgIpc) is 2.63. The van der Waals surface area contributed by atoms with Crippen LogP contribution in [-0.2, 0) is 0 Å². The third-order valence-electron chi connectivity index (χ3n) is 3.71. The van der Waals surface area contributed by atoms with Gasteiger partial charge in [0, 0.05) is 30.5 Å². The van der Waals surface area contributed by atoms with Gasteiger partial charge in [-0.2, -0.15) is 0 Å². The van der Waals surface area contributed by atoms with E-state index in [4.69, 9.17) is 4.74 Å². The Morgan fingerprint density at radius 2 is 1.88 bits per heavy atom. The first-order chi connectivity index (χ1) is 12.1. The molecule has 0 unspecified atom stereocenters. The number of anilines is 1. The second kappa shape index (κ2) is 8.82. The van der Waals surface area contributed by atoms with E-state index < -0.39 is 0 Å². The van der Waals surface area contributed by atoms with Crippen molar-refractivity contribution in [2.24, 2.45) is 0 Å². The minimum atomic E-state index is -0.330. The van der Waals surface area contributed by atoms with Crippen molar-refractivity contribution < 1.29 is 14.3 Å². The molecule has 0 atom stereocenters. The Morgan fingerprint density at radius 3 is 2.56 bits per heavy atom. The van der Waals surface area contributed by atoms with Crippen LogP contribution in [0.2, 0.25) is 0 Å². The maximum atomic E-state index is 12.5. The summed E-state index contributed by atoms with van der Waals surface area (Å²) in [5.74, 6) is -0.0978. The normalized spacial score (nSPS) is 10.2. The number of amides is 2. The molecule has 0 aliphatic carbocycles. The molecule has 6 nitrogen and oxygen atoms in total. The Morgan fingerprint density at radius 1 is 1.12 bits per heavy atom. The molecule has 0 bridgehead atoms. The van der Waals surface area contributed by atoms with Crippen LogP contribution in [0.1, 0.15) is 41.5 Å². The molecule has 0 saturated carbocycles. The molecule has 0 aliphatic heterocycles. The highest BCUT2D eigenvalue weighted by Crippen LogP contribution is 2.18. The number of carbonyl (C=O) groups excluding carboxylic acids is 2. The molecule has 0 spiro atoms. The SMILES string of the molecule is CCOc1ncccc1C(=O)Nc1cccc(C(=O)N(CC)CC)c1. The summed E-state index contributed by atoms with van der Waals surface area (Å²) in [6.07, 6.45) is 1.57. The van der Waals surface area contributed by atoms with E-state index >= 15 is 0 Å². The first kappa shape index (κ1) is 18.4. The molecule has 1 N–H and O–H groups in total. The van der Waals surface area contributed by atoms with Gasteiger partial charge in [-0.25, -0.2) is 4.98 Å². The quantitative estimate of drug-likeness (QED) is 0.839. The lowest BCUT2D eigenvalue weighted by molar-refractivity contribution is 0.0772. The van der Waals surface area contributed by atoms with Gasteiger partial charge in [-0.05, 0) is 51.1 Å². The van der Waals surface area contributed by atoms with Crippen molar-refractivity contribution in [1.29, 1.82) is 0 Å². The van der Waals surface area contributed by atoms with Gasteiger partial charge in [0.2, 0.25) is 5.88 Å². The number of carbonyl (C=O) groups is 2. The zero-order chi connectivity index (χ0) is 18.2. The number of ether oxygens (including phenoxy) is 1. The van der Waals surface area contributed by atoms with Crippen LogP contribution in [-0.4, -0.2) is 41.4 Å². The monoisotopic (exact) mass is 341 g/mol. The predicted octanol–water partition coefficient (Wildman–Crippen LogP) is 3.21. The molecular formula is C19H23N3O3. The van der Waals surface area contributed by atoms with E-state index in [-0.39, 0.29) is 17.7 Å². The Hall–Kier alpha value is -2.89. The Labute approximate surface area is 147 Å². The molecule has 0 aliphatic rings. The second-order valence-corrected chi connectivity index (χ2v) is 5.30. The molecule has 0 fully saturated rings. The zero-order valence-electron chi connectivity index (χ0n) is 14.8. The molecule has 132 valence electrons. The van der Waals surface area contributed by atoms with Crippen molar-refractivity contribution in [2.45, 2.75) is 20.8 Å². The number of nitrogens with one attached hydrogen (secondary N) is 1. The summed E-state index contributed by atoms with van der Waals surface area (Å²) >= 11 is 0. The van der Waals surface area contributed by atoms with Gasteiger partial charge in [0.15, 0.2) is 0 Å². The fourth-order valence-corrected chi connectivity index (χ4v) is 2.44. The number of aromatic nitrogens is 1. The van der Waals surface area contributed by atoms with Crippen LogP contribution in [0.4, 0.5) is 5.69 Å². The van der Waals surface area contributed by atoms with Gasteiger partial charge >= 0.3 is 0 Å². The standard InChI is InChI=1S/C19H23N3O3/c1-4-22(5-2)19(24)14-9-7-10-15(13-14)21-17(23)16-11-8-12-20-18(16)25-6-3/h7-13H,4-6H2,1-3H3,(H,21,23). The first-order valence-corrected chi connectivity index (χ1v) is 8.39. The molecule has 1 heterocycles. The highest BCUT2D eigenvalue weighted by atomic mass is 16.5. The average molecular weight is 341 g/mol. The number of hydrogen-bond donors (Lipinski definition) is 1. The number of benzene rings is 1. The first-order valence-electron chi connectivity index (χ1n) is 8.39. The number of rotatable bonds is 7. The third-order valence-corrected chi connectivity index (χ3v) is 3.71. The largest absolute Gasteiger partial charge is 0.477 e. The van der Waals surface area contributed by atoms with E-state index in [9.17, 15) is 9.59 Å². The van der Waals surface area contributed by atoms with Crippen molar-refractivity contribution in [3.8, 4) is 5.88 Å². The number of nitrogens with zero attached hydrogens (tertiary/aromatic N) is 2. The van der Waals surface area contributed by atoms with Crippen LogP contribution in [0.5, 0.6) is 5.88 Å². The van der Waals surface area contributed by atoms with Crippen LogP contribution in [0.3, 0.4) is 0 Å². The summed E-state index contributed by atoms with van der Waals surface area (Å²) in [6.45, 7) is 7.40. The second-order valence-electron chi connectivity index (χ2n) is 5.30. The zero-order valence-corrected chi connectivity index (χ0v) is 14.8. The fraction of sp³-hybridized carbons (Fsp3) is 0.316. The van der Waals surface area contributed by atoms with Gasteiger partial charge in [0.1, 0.15) is 5.56 Å². The van der Waals surface area contributed by atoms with Crippen LogP contribution in [0.25, 0.3) is 0 Å². The Balaban J connectivity index is 2.20. The van der Waals surface area contributed by atoms with Crippen molar-refractivity contribution in [2.75, 3.05) is 25.0 Å². The maximum absolute atomic E-state index is 12.5. The minimum Gasteiger partial charge on any atom is -0.477 e. The van der Waals surface area contributed by atoms with E-state index in [0.29, 0.717) is 36.5 Å². The summed E-state index contributed by atoms with van der Waals surface area (Å²) in [5.41, 5.74) is 1.44. The lowest BCUT2D eigenvalue weighted by Gasteiger charge is -2.19. The molecule has 0 saturated heterocycles. The molecule has 2 rings (SSSR count). The van der Waals surface area contributed by atoms with Gasteiger partial charge in [-0.15, -0.1) is 0 Å². The molecule has 6 heteroatoms. The molecule has 25 heavy (non-hydrogen) atoms. The van der Waals surface area contributed by atoms with Gasteiger partial charge in [0.25, 0.3) is 11.8 Å². The van der Waals surface area contributed by atoms with E-state index in [1.807, 2.05) is 20.8 Å². The van der Waals surface area contributed by atoms with Gasteiger partial charge in [-0.1, -0.05) is 6.07 Å². The van der Waals surface area contributed by atoms with Crippen LogP contribution < -0.4 is 10.1 Å². The van der Waals surface area contributed by atoms with Gasteiger partial charge < -0.3 is 15.0 Å². The highest BCUT2D eigenvalue weighted by molar-refractivity contribution is 6.06.